The van der Waals surface area contributed by atoms with Crippen LogP contribution in [-0.2, 0) is 66.7 Å². The van der Waals surface area contributed by atoms with Gasteiger partial charge in [0.25, 0.3) is 0 Å². The third kappa shape index (κ3) is 14.2. The SMILES string of the molecule is CC(C)CC(=O)CC(C)C1CCC2C3C[C@H](OC4OC(CO)C(O)C(OC5OC(C)C(OC6OC(C)C(O)C(O)C6OC6OC(C)C(O)C(O)C6O)C(O)C5OC5OC(C)C(O)C(O)C5O)C4O)[C@H]4C[C@@H](OS(=O)(=O)[O-])CC[C@]4(C)C3=CC[C@]12C.[Na+]. The largest absolute Gasteiger partial charge is 1.00 e. The van der Waals surface area contributed by atoms with Crippen molar-refractivity contribution in [2.75, 3.05) is 6.61 Å². The maximum absolute atomic E-state index is 13.2. The number of hydrogen-bond acceptors (Lipinski definition) is 27. The summed E-state index contributed by atoms with van der Waals surface area (Å²) in [5.74, 6) is 0.337. The molecule has 0 radical (unpaired) electrons. The minimum atomic E-state index is -5.13. The zero-order valence-corrected chi connectivity index (χ0v) is 53.4. The van der Waals surface area contributed by atoms with Crippen molar-refractivity contribution in [1.29, 1.82) is 0 Å². The van der Waals surface area contributed by atoms with Crippen LogP contribution in [0, 0.1) is 46.3 Å². The van der Waals surface area contributed by atoms with Crippen molar-refractivity contribution in [3.05, 3.63) is 11.6 Å². The van der Waals surface area contributed by atoms with Gasteiger partial charge in [0.2, 0.25) is 10.4 Å². The first-order valence-corrected chi connectivity index (χ1v) is 31.6. The van der Waals surface area contributed by atoms with Gasteiger partial charge in [0.05, 0.1) is 43.2 Å². The third-order valence-electron chi connectivity index (χ3n) is 20.6. The summed E-state index contributed by atoms with van der Waals surface area (Å²) >= 11 is 0. The normalized spacial score (nSPS) is 51.2. The zero-order valence-electron chi connectivity index (χ0n) is 50.6. The number of aliphatic hydroxyl groups is 12. The molecule has 490 valence electrons. The fourth-order valence-electron chi connectivity index (χ4n) is 16.0. The van der Waals surface area contributed by atoms with Crippen LogP contribution in [0.15, 0.2) is 11.6 Å². The molecule has 9 aliphatic rings. The van der Waals surface area contributed by atoms with E-state index in [1.807, 2.05) is 13.8 Å². The molecule has 5 heterocycles. The van der Waals surface area contributed by atoms with E-state index in [0.717, 1.165) is 19.3 Å². The average Bonchev–Trinajstić information content (AvgIpc) is 1.29. The number of ketones is 1. The standard InChI is InChI=1S/C57H94O27S.Na/c1-21(2)16-27(59)17-22(3)30-10-11-31-29-19-34(33-18-28(84-85(71,72)73)12-14-57(33,9)32(29)13-15-56(30,31)8)78-53-46(70)48(39(63)35(20-58)79-53)81-55-50(83-52-44(68)41(65)37(61)24(5)75-52)45(69)47(26(7)77-55)80-54-49(42(66)38(62)25(6)76-54)82-51-43(67)40(64)36(60)23(4)74-51;/h13,21-26,28-31,33-55,58,60-70H,10-12,14-20H2,1-9H3,(H,71,72,73);/q;+1/p-1/t22?,23?,24?,25?,26?,28-,29?,30?,31?,33+,34-,35?,36?,37?,38?,39?,40?,41?,42?,43?,44?,45?,46?,47?,48?,49?,50?,51?,52?,53?,54?,55?,56+,57+;/m0./s1. The molecule has 29 heteroatoms. The fourth-order valence-corrected chi connectivity index (χ4v) is 16.5. The molecule has 34 atom stereocenters. The Balaban J connectivity index is 0.00000961. The number of hydrogen-bond donors (Lipinski definition) is 12. The Hall–Kier alpha value is -0.600. The van der Waals surface area contributed by atoms with Gasteiger partial charge in [-0.3, -0.25) is 8.98 Å². The van der Waals surface area contributed by atoms with Crippen molar-refractivity contribution in [2.45, 2.75) is 286 Å². The summed E-state index contributed by atoms with van der Waals surface area (Å²) in [5.41, 5.74) is 0.349. The molecule has 29 unspecified atom stereocenters. The van der Waals surface area contributed by atoms with Crippen LogP contribution in [-0.4, -0.2) is 252 Å². The smallest absolute Gasteiger partial charge is 0.726 e. The second-order valence-electron chi connectivity index (χ2n) is 26.8. The number of Topliss-reactive ketones (excluding diaryl/α,β-unsaturated/α-hetero) is 1. The minimum Gasteiger partial charge on any atom is -0.726 e. The maximum Gasteiger partial charge on any atom is 1.00 e. The molecule has 0 aromatic carbocycles. The quantitative estimate of drug-likeness (QED) is 0.0265. The van der Waals surface area contributed by atoms with E-state index in [9.17, 15) is 79.0 Å². The van der Waals surface area contributed by atoms with Crippen LogP contribution in [0.3, 0.4) is 0 Å². The molecule has 27 nitrogen and oxygen atoms in total. The fraction of sp³-hybridized carbons (Fsp3) is 0.947. The van der Waals surface area contributed by atoms with Crippen LogP contribution in [0.5, 0.6) is 0 Å². The Morgan fingerprint density at radius 1 is 0.593 bits per heavy atom. The van der Waals surface area contributed by atoms with Crippen molar-refractivity contribution in [1.82, 2.24) is 0 Å². The van der Waals surface area contributed by atoms with Gasteiger partial charge in [-0.1, -0.05) is 46.3 Å². The van der Waals surface area contributed by atoms with E-state index in [1.54, 1.807) is 0 Å². The molecule has 5 aliphatic heterocycles. The first-order valence-electron chi connectivity index (χ1n) is 30.3. The summed E-state index contributed by atoms with van der Waals surface area (Å²) < 4.78 is 103. The molecule has 5 saturated heterocycles. The van der Waals surface area contributed by atoms with Crippen molar-refractivity contribution < 1.29 is 160 Å². The molecule has 12 N–H and O–H groups in total. The van der Waals surface area contributed by atoms with Crippen LogP contribution in [0.2, 0.25) is 0 Å². The Labute approximate surface area is 524 Å². The van der Waals surface area contributed by atoms with Gasteiger partial charge < -0.3 is 113 Å². The molecule has 8 fully saturated rings. The van der Waals surface area contributed by atoms with Gasteiger partial charge in [-0.15, -0.1) is 0 Å². The van der Waals surface area contributed by atoms with E-state index in [2.05, 4.69) is 26.8 Å². The minimum absolute atomic E-state index is 0. The van der Waals surface area contributed by atoms with Crippen LogP contribution < -0.4 is 29.6 Å². The number of rotatable bonds is 18. The van der Waals surface area contributed by atoms with E-state index < -0.39 is 194 Å². The number of aliphatic hydroxyl groups excluding tert-OH is 12. The van der Waals surface area contributed by atoms with Crippen molar-refractivity contribution in [3.8, 4) is 0 Å². The maximum atomic E-state index is 13.2. The Morgan fingerprint density at radius 3 is 1.66 bits per heavy atom. The van der Waals surface area contributed by atoms with Crippen LogP contribution in [0.4, 0.5) is 0 Å². The van der Waals surface area contributed by atoms with Crippen molar-refractivity contribution in [2.24, 2.45) is 46.3 Å². The van der Waals surface area contributed by atoms with Gasteiger partial charge in [-0.25, -0.2) is 8.42 Å². The Bertz CT molecular complexity index is 2410. The predicted molar refractivity (Wildman–Crippen MR) is 287 cm³/mol. The number of carbonyl (C=O) groups is 1. The number of ether oxygens (including phenoxy) is 10. The molecule has 0 aromatic rings. The van der Waals surface area contributed by atoms with Gasteiger partial charge in [0.1, 0.15) is 103 Å². The van der Waals surface area contributed by atoms with Gasteiger partial charge in [0, 0.05) is 12.8 Å². The monoisotopic (exact) mass is 1260 g/mol. The molecule has 3 saturated carbocycles. The van der Waals surface area contributed by atoms with Crippen LogP contribution in [0.1, 0.15) is 120 Å². The molecule has 0 amide bonds. The third-order valence-corrected chi connectivity index (χ3v) is 21.1. The van der Waals surface area contributed by atoms with Crippen LogP contribution in [0.25, 0.3) is 0 Å². The molecule has 0 aromatic heterocycles. The molecule has 9 rings (SSSR count). The number of allylic oxidation sites excluding steroid dienone is 2. The number of carbonyl (C=O) groups excluding carboxylic acids is 1. The first-order chi connectivity index (χ1) is 39.8. The van der Waals surface area contributed by atoms with E-state index in [-0.39, 0.29) is 83.2 Å². The Morgan fingerprint density at radius 2 is 1.10 bits per heavy atom. The molecular formula is C57H93NaO27S. The molecular weight excluding hydrogens is 1170 g/mol. The van der Waals surface area contributed by atoms with Gasteiger partial charge in [0.15, 0.2) is 31.5 Å². The van der Waals surface area contributed by atoms with Gasteiger partial charge >= 0.3 is 29.6 Å². The summed E-state index contributed by atoms with van der Waals surface area (Å²) in [6.45, 7) is 15.3. The summed E-state index contributed by atoms with van der Waals surface area (Å²) in [5, 5.41) is 134. The zero-order chi connectivity index (χ0) is 62.3. The molecule has 0 bridgehead atoms. The summed E-state index contributed by atoms with van der Waals surface area (Å²) in [6, 6.07) is 0. The second-order valence-corrected chi connectivity index (χ2v) is 27.8. The number of fused-ring (bicyclic) bond motifs is 5. The molecule has 4 aliphatic carbocycles. The average molecular weight is 1270 g/mol. The van der Waals surface area contributed by atoms with Gasteiger partial charge in [-0.2, -0.15) is 0 Å². The topological polar surface area (TPSA) is 419 Å². The van der Waals surface area contributed by atoms with E-state index in [4.69, 9.17) is 51.6 Å². The van der Waals surface area contributed by atoms with E-state index in [1.165, 1.54) is 33.3 Å². The first kappa shape index (κ1) is 71.3. The predicted octanol–water partition coefficient (Wildman–Crippen LogP) is -4.74. The summed E-state index contributed by atoms with van der Waals surface area (Å²) in [6.07, 6.45) is -37.1. The van der Waals surface area contributed by atoms with E-state index >= 15 is 0 Å². The van der Waals surface area contributed by atoms with E-state index in [0.29, 0.717) is 25.7 Å². The molecule has 0 spiro atoms. The van der Waals surface area contributed by atoms with Crippen molar-refractivity contribution in [3.63, 3.8) is 0 Å². The van der Waals surface area contributed by atoms with Crippen LogP contribution >= 0.6 is 0 Å². The van der Waals surface area contributed by atoms with Gasteiger partial charge in [-0.05, 0) is 119 Å². The summed E-state index contributed by atoms with van der Waals surface area (Å²) in [4.78, 5) is 13.2. The second kappa shape index (κ2) is 28.2. The van der Waals surface area contributed by atoms with Crippen molar-refractivity contribution >= 4 is 16.2 Å². The Kier molecular flexibility index (Phi) is 23.3. The summed E-state index contributed by atoms with van der Waals surface area (Å²) in [7, 11) is -5.13. The molecule has 86 heavy (non-hydrogen) atoms.